The van der Waals surface area contributed by atoms with Gasteiger partial charge in [-0.2, -0.15) is 0 Å². The summed E-state index contributed by atoms with van der Waals surface area (Å²) >= 11 is 0. The second-order valence-corrected chi connectivity index (χ2v) is 4.69. The van der Waals surface area contributed by atoms with Crippen molar-refractivity contribution in [1.29, 1.82) is 0 Å². The predicted octanol–water partition coefficient (Wildman–Crippen LogP) is 3.74. The van der Waals surface area contributed by atoms with Gasteiger partial charge in [-0.25, -0.2) is 4.39 Å². The summed E-state index contributed by atoms with van der Waals surface area (Å²) in [5.74, 6) is 0.412. The third kappa shape index (κ3) is 1.97. The monoisotopic (exact) mass is 219 g/mol. The third-order valence-corrected chi connectivity index (χ3v) is 3.55. The number of allylic oxidation sites excluding steroid dienone is 1. The Morgan fingerprint density at radius 2 is 1.94 bits per heavy atom. The summed E-state index contributed by atoms with van der Waals surface area (Å²) in [5, 5.41) is 0. The standard InChI is InChI=1S/C14H18FN/c1-10-4-5-11(2)16(3)14(10)12-6-8-13(15)9-7-12/h6-10,14H,2,4-5H2,1,3H3/t10-,14-/m0/s1. The van der Waals surface area contributed by atoms with Crippen LogP contribution in [0.4, 0.5) is 4.39 Å². The molecule has 1 aliphatic rings. The minimum absolute atomic E-state index is 0.173. The molecular formula is C14H18FN. The Morgan fingerprint density at radius 3 is 2.56 bits per heavy atom. The van der Waals surface area contributed by atoms with Gasteiger partial charge in [0.05, 0.1) is 6.04 Å². The lowest BCUT2D eigenvalue weighted by molar-refractivity contribution is 0.178. The molecule has 1 nitrogen and oxygen atoms in total. The number of benzene rings is 1. The summed E-state index contributed by atoms with van der Waals surface area (Å²) in [7, 11) is 2.08. The van der Waals surface area contributed by atoms with Crippen molar-refractivity contribution in [3.63, 3.8) is 0 Å². The molecule has 0 radical (unpaired) electrons. The van der Waals surface area contributed by atoms with Crippen molar-refractivity contribution in [3.8, 4) is 0 Å². The van der Waals surface area contributed by atoms with Crippen LogP contribution in [0.3, 0.4) is 0 Å². The van der Waals surface area contributed by atoms with Gasteiger partial charge in [0.15, 0.2) is 0 Å². The van der Waals surface area contributed by atoms with Crippen LogP contribution in [0.15, 0.2) is 36.5 Å². The molecule has 1 saturated heterocycles. The average Bonchev–Trinajstić information content (AvgIpc) is 2.27. The summed E-state index contributed by atoms with van der Waals surface area (Å²) < 4.78 is 12.9. The van der Waals surface area contributed by atoms with E-state index in [1.807, 2.05) is 12.1 Å². The van der Waals surface area contributed by atoms with E-state index in [4.69, 9.17) is 0 Å². The van der Waals surface area contributed by atoms with Gasteiger partial charge in [0.25, 0.3) is 0 Å². The maximum absolute atomic E-state index is 12.9. The molecule has 0 N–H and O–H groups in total. The van der Waals surface area contributed by atoms with E-state index in [0.717, 1.165) is 12.8 Å². The van der Waals surface area contributed by atoms with Crippen LogP contribution in [0.1, 0.15) is 31.4 Å². The molecule has 0 aromatic heterocycles. The molecule has 0 unspecified atom stereocenters. The molecule has 16 heavy (non-hydrogen) atoms. The Hall–Kier alpha value is -1.31. The fourth-order valence-corrected chi connectivity index (χ4v) is 2.52. The second-order valence-electron chi connectivity index (χ2n) is 4.69. The minimum Gasteiger partial charge on any atom is -0.371 e. The highest BCUT2D eigenvalue weighted by atomic mass is 19.1. The molecule has 2 rings (SSSR count). The van der Waals surface area contributed by atoms with Gasteiger partial charge in [0.1, 0.15) is 5.82 Å². The van der Waals surface area contributed by atoms with Gasteiger partial charge in [-0.3, -0.25) is 0 Å². The number of likely N-dealkylation sites (tertiary alicyclic amines) is 1. The van der Waals surface area contributed by atoms with Crippen molar-refractivity contribution in [2.45, 2.75) is 25.8 Å². The van der Waals surface area contributed by atoms with Crippen LogP contribution < -0.4 is 0 Å². The van der Waals surface area contributed by atoms with Crippen molar-refractivity contribution in [2.75, 3.05) is 7.05 Å². The van der Waals surface area contributed by atoms with Crippen molar-refractivity contribution >= 4 is 0 Å². The fourth-order valence-electron chi connectivity index (χ4n) is 2.52. The number of rotatable bonds is 1. The van der Waals surface area contributed by atoms with Crippen molar-refractivity contribution in [3.05, 3.63) is 47.9 Å². The minimum atomic E-state index is -0.173. The number of nitrogens with zero attached hydrogens (tertiary/aromatic N) is 1. The second kappa shape index (κ2) is 4.28. The van der Waals surface area contributed by atoms with Crippen LogP contribution >= 0.6 is 0 Å². The summed E-state index contributed by atoms with van der Waals surface area (Å²) in [6.45, 7) is 6.32. The lowest BCUT2D eigenvalue weighted by atomic mass is 9.85. The first-order chi connectivity index (χ1) is 7.59. The van der Waals surface area contributed by atoms with E-state index >= 15 is 0 Å². The predicted molar refractivity (Wildman–Crippen MR) is 64.4 cm³/mol. The number of piperidine rings is 1. The Morgan fingerprint density at radius 1 is 1.31 bits per heavy atom. The quantitative estimate of drug-likeness (QED) is 0.695. The molecule has 1 aliphatic heterocycles. The molecule has 86 valence electrons. The molecule has 0 aliphatic carbocycles. The van der Waals surface area contributed by atoms with Gasteiger partial charge in [-0.15, -0.1) is 0 Å². The first kappa shape index (κ1) is 11.2. The summed E-state index contributed by atoms with van der Waals surface area (Å²) in [6.07, 6.45) is 2.22. The molecule has 1 heterocycles. The molecule has 0 saturated carbocycles. The highest BCUT2D eigenvalue weighted by Crippen LogP contribution is 2.38. The largest absolute Gasteiger partial charge is 0.371 e. The Bertz CT molecular complexity index is 382. The lowest BCUT2D eigenvalue weighted by Crippen LogP contribution is -2.33. The summed E-state index contributed by atoms with van der Waals surface area (Å²) in [6, 6.07) is 7.17. The topological polar surface area (TPSA) is 3.24 Å². The molecule has 1 aromatic carbocycles. The highest BCUT2D eigenvalue weighted by Gasteiger charge is 2.28. The molecule has 0 spiro atoms. The number of hydrogen-bond acceptors (Lipinski definition) is 1. The van der Waals surface area contributed by atoms with Crippen LogP contribution in [-0.4, -0.2) is 11.9 Å². The van der Waals surface area contributed by atoms with Gasteiger partial charge in [0.2, 0.25) is 0 Å². The van der Waals surface area contributed by atoms with Gasteiger partial charge < -0.3 is 4.90 Å². The van der Waals surface area contributed by atoms with Crippen LogP contribution in [0.2, 0.25) is 0 Å². The van der Waals surface area contributed by atoms with Crippen molar-refractivity contribution in [1.82, 2.24) is 4.90 Å². The first-order valence-electron chi connectivity index (χ1n) is 5.75. The zero-order valence-corrected chi connectivity index (χ0v) is 9.91. The molecule has 1 fully saturated rings. The molecule has 0 bridgehead atoms. The van der Waals surface area contributed by atoms with Gasteiger partial charge in [-0.1, -0.05) is 25.6 Å². The van der Waals surface area contributed by atoms with E-state index in [9.17, 15) is 4.39 Å². The van der Waals surface area contributed by atoms with E-state index in [1.165, 1.54) is 23.4 Å². The van der Waals surface area contributed by atoms with E-state index < -0.39 is 0 Å². The van der Waals surface area contributed by atoms with Crippen LogP contribution in [0.25, 0.3) is 0 Å². The number of hydrogen-bond donors (Lipinski definition) is 0. The summed E-state index contributed by atoms with van der Waals surface area (Å²) in [4.78, 5) is 2.22. The first-order valence-corrected chi connectivity index (χ1v) is 5.75. The van der Waals surface area contributed by atoms with Gasteiger partial charge in [0, 0.05) is 12.7 Å². The lowest BCUT2D eigenvalue weighted by Gasteiger charge is -2.40. The summed E-state index contributed by atoms with van der Waals surface area (Å²) in [5.41, 5.74) is 2.35. The molecule has 2 heteroatoms. The highest BCUT2D eigenvalue weighted by molar-refractivity contribution is 5.23. The molecule has 0 amide bonds. The normalized spacial score (nSPS) is 25.9. The Labute approximate surface area is 96.6 Å². The molecule has 2 atom stereocenters. The zero-order valence-electron chi connectivity index (χ0n) is 9.91. The van der Waals surface area contributed by atoms with E-state index in [0.29, 0.717) is 12.0 Å². The van der Waals surface area contributed by atoms with E-state index in [1.54, 1.807) is 0 Å². The SMILES string of the molecule is C=C1CC[C@H](C)[C@@H](c2ccc(F)cc2)N1C. The number of halogens is 1. The van der Waals surface area contributed by atoms with Crippen molar-refractivity contribution < 1.29 is 4.39 Å². The van der Waals surface area contributed by atoms with Crippen LogP contribution in [0.5, 0.6) is 0 Å². The van der Waals surface area contributed by atoms with Crippen molar-refractivity contribution in [2.24, 2.45) is 5.92 Å². The van der Waals surface area contributed by atoms with Crippen LogP contribution in [-0.2, 0) is 0 Å². The molecule has 1 aromatic rings. The molecular weight excluding hydrogens is 201 g/mol. The van der Waals surface area contributed by atoms with Gasteiger partial charge in [-0.05, 0) is 36.5 Å². The fraction of sp³-hybridized carbons (Fsp3) is 0.429. The van der Waals surface area contributed by atoms with E-state index in [-0.39, 0.29) is 5.82 Å². The van der Waals surface area contributed by atoms with Crippen LogP contribution in [0, 0.1) is 11.7 Å². The zero-order chi connectivity index (χ0) is 11.7. The Kier molecular flexibility index (Phi) is 2.99. The maximum Gasteiger partial charge on any atom is 0.123 e. The van der Waals surface area contributed by atoms with E-state index in [2.05, 4.69) is 25.5 Å². The smallest absolute Gasteiger partial charge is 0.123 e. The van der Waals surface area contributed by atoms with Gasteiger partial charge >= 0.3 is 0 Å². The average molecular weight is 219 g/mol. The third-order valence-electron chi connectivity index (χ3n) is 3.55. The Balaban J connectivity index is 2.29. The maximum atomic E-state index is 12.9.